The molecule has 0 aliphatic carbocycles. The van der Waals surface area contributed by atoms with Gasteiger partial charge in [0.25, 0.3) is 5.69 Å². The van der Waals surface area contributed by atoms with Crippen molar-refractivity contribution in [2.75, 3.05) is 18.5 Å². The summed E-state index contributed by atoms with van der Waals surface area (Å²) < 4.78 is 0. The minimum atomic E-state index is -0.970. The third-order valence-electron chi connectivity index (χ3n) is 3.20. The van der Waals surface area contributed by atoms with Gasteiger partial charge >= 0.3 is 5.97 Å². The maximum absolute atomic E-state index is 11.6. The number of nitro benzene ring substituents is 1. The van der Waals surface area contributed by atoms with Gasteiger partial charge in [0.05, 0.1) is 10.8 Å². The number of hydrogen-bond donors (Lipinski definition) is 1. The summed E-state index contributed by atoms with van der Waals surface area (Å²) in [5.74, 6) is -1.81. The SMILES string of the molecule is CCC(=O)c1ccc(N(C)CC(C)C(=O)O)c([N+](=O)[O-])c1. The first-order valence-corrected chi connectivity index (χ1v) is 6.53. The molecule has 1 aromatic rings. The molecule has 0 aliphatic rings. The van der Waals surface area contributed by atoms with Crippen LogP contribution in [0, 0.1) is 16.0 Å². The van der Waals surface area contributed by atoms with E-state index in [-0.39, 0.29) is 30.0 Å². The van der Waals surface area contributed by atoms with Crippen molar-refractivity contribution >= 4 is 23.1 Å². The zero-order valence-electron chi connectivity index (χ0n) is 12.2. The summed E-state index contributed by atoms with van der Waals surface area (Å²) in [4.78, 5) is 34.6. The van der Waals surface area contributed by atoms with Crippen LogP contribution in [0.15, 0.2) is 18.2 Å². The van der Waals surface area contributed by atoms with Crippen LogP contribution in [0.4, 0.5) is 11.4 Å². The van der Waals surface area contributed by atoms with Crippen LogP contribution in [0.2, 0.25) is 0 Å². The number of nitro groups is 1. The zero-order chi connectivity index (χ0) is 16.2. The zero-order valence-corrected chi connectivity index (χ0v) is 12.2. The van der Waals surface area contributed by atoms with Crippen LogP contribution < -0.4 is 4.90 Å². The lowest BCUT2D eigenvalue weighted by Crippen LogP contribution is -2.28. The highest BCUT2D eigenvalue weighted by molar-refractivity contribution is 5.97. The second-order valence-corrected chi connectivity index (χ2v) is 4.86. The highest BCUT2D eigenvalue weighted by atomic mass is 16.6. The van der Waals surface area contributed by atoms with Crippen LogP contribution in [0.3, 0.4) is 0 Å². The minimum absolute atomic E-state index is 0.136. The fourth-order valence-electron chi connectivity index (χ4n) is 1.96. The van der Waals surface area contributed by atoms with Gasteiger partial charge in [-0.2, -0.15) is 0 Å². The molecule has 0 saturated carbocycles. The molecule has 0 amide bonds. The van der Waals surface area contributed by atoms with Crippen LogP contribution in [-0.4, -0.2) is 35.4 Å². The largest absolute Gasteiger partial charge is 0.481 e. The fraction of sp³-hybridized carbons (Fsp3) is 0.429. The Balaban J connectivity index is 3.14. The van der Waals surface area contributed by atoms with E-state index in [4.69, 9.17) is 5.11 Å². The first kappa shape index (κ1) is 16.6. The summed E-state index contributed by atoms with van der Waals surface area (Å²) in [6.45, 7) is 3.35. The Morgan fingerprint density at radius 2 is 2.05 bits per heavy atom. The van der Waals surface area contributed by atoms with Gasteiger partial charge < -0.3 is 10.0 Å². The molecule has 7 nitrogen and oxygen atoms in total. The van der Waals surface area contributed by atoms with Gasteiger partial charge in [0, 0.05) is 31.6 Å². The molecule has 0 aliphatic heterocycles. The molecule has 0 saturated heterocycles. The van der Waals surface area contributed by atoms with Crippen molar-refractivity contribution in [3.8, 4) is 0 Å². The van der Waals surface area contributed by atoms with Gasteiger partial charge in [0.2, 0.25) is 0 Å². The van der Waals surface area contributed by atoms with Crippen molar-refractivity contribution in [2.24, 2.45) is 5.92 Å². The number of anilines is 1. The second kappa shape index (κ2) is 6.83. The molecule has 114 valence electrons. The van der Waals surface area contributed by atoms with E-state index < -0.39 is 16.8 Å². The molecule has 0 spiro atoms. The van der Waals surface area contributed by atoms with Gasteiger partial charge in [-0.15, -0.1) is 0 Å². The maximum atomic E-state index is 11.6. The summed E-state index contributed by atoms with van der Waals surface area (Å²) in [6.07, 6.45) is 0.266. The topological polar surface area (TPSA) is 101 Å². The third-order valence-corrected chi connectivity index (χ3v) is 3.20. The number of carbonyl (C=O) groups is 2. The van der Waals surface area contributed by atoms with Gasteiger partial charge in [0.1, 0.15) is 5.69 Å². The normalized spacial score (nSPS) is 11.8. The Bertz CT molecular complexity index is 570. The molecule has 1 atom stereocenters. The molecule has 7 heteroatoms. The van der Waals surface area contributed by atoms with E-state index in [2.05, 4.69) is 0 Å². The van der Waals surface area contributed by atoms with E-state index in [0.29, 0.717) is 5.69 Å². The van der Waals surface area contributed by atoms with Crippen molar-refractivity contribution in [2.45, 2.75) is 20.3 Å². The Hall–Kier alpha value is -2.44. The van der Waals surface area contributed by atoms with Crippen LogP contribution in [0.25, 0.3) is 0 Å². The number of benzene rings is 1. The maximum Gasteiger partial charge on any atom is 0.308 e. The van der Waals surface area contributed by atoms with Gasteiger partial charge in [0.15, 0.2) is 5.78 Å². The number of hydrogen-bond acceptors (Lipinski definition) is 5. The number of rotatable bonds is 7. The fourth-order valence-corrected chi connectivity index (χ4v) is 1.96. The Morgan fingerprint density at radius 3 is 2.52 bits per heavy atom. The number of nitrogens with zero attached hydrogens (tertiary/aromatic N) is 2. The van der Waals surface area contributed by atoms with E-state index in [1.165, 1.54) is 30.0 Å². The van der Waals surface area contributed by atoms with Gasteiger partial charge in [-0.1, -0.05) is 13.8 Å². The van der Waals surface area contributed by atoms with Gasteiger partial charge in [-0.05, 0) is 12.1 Å². The predicted molar refractivity (Wildman–Crippen MR) is 77.8 cm³/mol. The number of Topliss-reactive ketones (excluding diaryl/α,β-unsaturated/α-hetero) is 1. The standard InChI is InChI=1S/C14H18N2O5/c1-4-13(17)10-5-6-11(12(7-10)16(20)21)15(3)8-9(2)14(18)19/h5-7,9H,4,8H2,1-3H3,(H,18,19). The van der Waals surface area contributed by atoms with E-state index in [1.54, 1.807) is 14.0 Å². The molecule has 21 heavy (non-hydrogen) atoms. The average Bonchev–Trinajstić information content (AvgIpc) is 2.45. The highest BCUT2D eigenvalue weighted by Crippen LogP contribution is 2.29. The smallest absolute Gasteiger partial charge is 0.308 e. The quantitative estimate of drug-likeness (QED) is 0.470. The summed E-state index contributed by atoms with van der Waals surface area (Å²) in [6, 6.07) is 4.24. The molecule has 0 radical (unpaired) electrons. The minimum Gasteiger partial charge on any atom is -0.481 e. The number of ketones is 1. The lowest BCUT2D eigenvalue weighted by molar-refractivity contribution is -0.384. The van der Waals surface area contributed by atoms with Gasteiger partial charge in [-0.25, -0.2) is 0 Å². The van der Waals surface area contributed by atoms with Crippen molar-refractivity contribution < 1.29 is 19.6 Å². The lowest BCUT2D eigenvalue weighted by Gasteiger charge is -2.21. The number of carbonyl (C=O) groups excluding carboxylic acids is 1. The monoisotopic (exact) mass is 294 g/mol. The first-order valence-electron chi connectivity index (χ1n) is 6.53. The van der Waals surface area contributed by atoms with Crippen molar-refractivity contribution in [3.63, 3.8) is 0 Å². The number of carboxylic acids is 1. The summed E-state index contributed by atoms with van der Waals surface area (Å²) in [5, 5.41) is 20.1. The first-order chi connectivity index (χ1) is 9.77. The molecule has 0 aromatic heterocycles. The molecular weight excluding hydrogens is 276 g/mol. The average molecular weight is 294 g/mol. The van der Waals surface area contributed by atoms with Gasteiger partial charge in [-0.3, -0.25) is 19.7 Å². The second-order valence-electron chi connectivity index (χ2n) is 4.86. The Kier molecular flexibility index (Phi) is 5.40. The molecule has 1 N–H and O–H groups in total. The lowest BCUT2D eigenvalue weighted by atomic mass is 10.1. The molecule has 0 bridgehead atoms. The Morgan fingerprint density at radius 1 is 1.43 bits per heavy atom. The third kappa shape index (κ3) is 4.01. The Labute approximate surface area is 122 Å². The molecule has 1 aromatic carbocycles. The highest BCUT2D eigenvalue weighted by Gasteiger charge is 2.22. The molecular formula is C14H18N2O5. The van der Waals surface area contributed by atoms with E-state index >= 15 is 0 Å². The summed E-state index contributed by atoms with van der Waals surface area (Å²) >= 11 is 0. The van der Waals surface area contributed by atoms with Crippen molar-refractivity contribution in [1.82, 2.24) is 0 Å². The van der Waals surface area contributed by atoms with Crippen LogP contribution in [-0.2, 0) is 4.79 Å². The van der Waals surface area contributed by atoms with E-state index in [1.807, 2.05) is 0 Å². The van der Waals surface area contributed by atoms with Crippen molar-refractivity contribution in [3.05, 3.63) is 33.9 Å². The predicted octanol–water partition coefficient (Wildman–Crippen LogP) is 2.34. The van der Waals surface area contributed by atoms with E-state index in [0.717, 1.165) is 0 Å². The molecule has 0 fully saturated rings. The van der Waals surface area contributed by atoms with E-state index in [9.17, 15) is 19.7 Å². The van der Waals surface area contributed by atoms with Crippen LogP contribution in [0.1, 0.15) is 30.6 Å². The summed E-state index contributed by atoms with van der Waals surface area (Å²) in [5.41, 5.74) is 0.378. The summed E-state index contributed by atoms with van der Waals surface area (Å²) in [7, 11) is 1.59. The number of aliphatic carboxylic acids is 1. The molecule has 1 rings (SSSR count). The van der Waals surface area contributed by atoms with Crippen molar-refractivity contribution in [1.29, 1.82) is 0 Å². The molecule has 1 unspecified atom stereocenters. The van der Waals surface area contributed by atoms with Crippen LogP contribution in [0.5, 0.6) is 0 Å². The number of carboxylic acid groups (broad SMARTS) is 1. The van der Waals surface area contributed by atoms with Crippen LogP contribution >= 0.6 is 0 Å². The molecule has 0 heterocycles.